The number of carbonyl (C=O) groups excluding carboxylic acids is 2. The summed E-state index contributed by atoms with van der Waals surface area (Å²) < 4.78 is 18.9. The zero-order valence-electron chi connectivity index (χ0n) is 14.0. The fourth-order valence-electron chi connectivity index (χ4n) is 2.36. The lowest BCUT2D eigenvalue weighted by molar-refractivity contribution is -0.114. The minimum atomic E-state index is -0.404. The molecule has 3 rings (SSSR count). The molecule has 0 spiro atoms. The Bertz CT molecular complexity index is 935. The number of rotatable bonds is 5. The molecular weight excluding hydrogens is 337 g/mol. The highest BCUT2D eigenvalue weighted by molar-refractivity contribution is 5.95. The molecule has 0 fully saturated rings. The van der Waals surface area contributed by atoms with E-state index in [0.29, 0.717) is 28.3 Å². The number of nitrogens with zero attached hydrogens (tertiary/aromatic N) is 1. The topological polar surface area (TPSA) is 84.2 Å². The van der Waals surface area contributed by atoms with Crippen LogP contribution in [-0.2, 0) is 11.3 Å². The summed E-state index contributed by atoms with van der Waals surface area (Å²) in [6, 6.07) is 14.3. The molecule has 0 aliphatic carbocycles. The number of halogens is 1. The van der Waals surface area contributed by atoms with Crippen molar-refractivity contribution in [2.45, 2.75) is 13.5 Å². The maximum atomic E-state index is 13.7. The summed E-state index contributed by atoms with van der Waals surface area (Å²) in [5, 5.41) is 9.18. The van der Waals surface area contributed by atoms with E-state index in [0.717, 1.165) is 0 Å². The van der Waals surface area contributed by atoms with Crippen LogP contribution in [0.3, 0.4) is 0 Å². The number of benzene rings is 2. The first-order valence-electron chi connectivity index (χ1n) is 7.89. The average Bonchev–Trinajstić information content (AvgIpc) is 3.09. The largest absolute Gasteiger partial charge is 0.356 e. The molecule has 2 N–H and O–H groups in total. The van der Waals surface area contributed by atoms with Crippen molar-refractivity contribution in [3.63, 3.8) is 0 Å². The van der Waals surface area contributed by atoms with E-state index in [-0.39, 0.29) is 18.4 Å². The van der Waals surface area contributed by atoms with Gasteiger partial charge in [-0.25, -0.2) is 4.39 Å². The van der Waals surface area contributed by atoms with Crippen molar-refractivity contribution in [2.24, 2.45) is 0 Å². The quantitative estimate of drug-likeness (QED) is 0.737. The Kier molecular flexibility index (Phi) is 5.07. The van der Waals surface area contributed by atoms with E-state index in [2.05, 4.69) is 15.8 Å². The second-order valence-electron chi connectivity index (χ2n) is 5.60. The number of aromatic nitrogens is 1. The smallest absolute Gasteiger partial charge is 0.251 e. The number of amides is 2. The van der Waals surface area contributed by atoms with E-state index >= 15 is 0 Å². The van der Waals surface area contributed by atoms with Gasteiger partial charge < -0.3 is 15.2 Å². The van der Waals surface area contributed by atoms with Gasteiger partial charge in [0.1, 0.15) is 11.5 Å². The molecule has 1 aromatic heterocycles. The maximum Gasteiger partial charge on any atom is 0.251 e. The third kappa shape index (κ3) is 4.13. The lowest BCUT2D eigenvalue weighted by Crippen LogP contribution is -2.22. The molecule has 3 aromatic rings. The lowest BCUT2D eigenvalue weighted by Gasteiger charge is -2.05. The van der Waals surface area contributed by atoms with Crippen LogP contribution in [-0.4, -0.2) is 17.0 Å². The number of anilines is 1. The lowest BCUT2D eigenvalue weighted by atomic mass is 10.1. The minimum Gasteiger partial charge on any atom is -0.356 e. The van der Waals surface area contributed by atoms with Crippen LogP contribution in [0.4, 0.5) is 10.1 Å². The minimum absolute atomic E-state index is 0.143. The van der Waals surface area contributed by atoms with Gasteiger partial charge in [-0.1, -0.05) is 17.3 Å². The summed E-state index contributed by atoms with van der Waals surface area (Å²) in [5.74, 6) is -0.584. The SMILES string of the molecule is CC(=O)Nc1ccc(C(=O)NCc2cc(-c3ccccc3F)on2)cc1. The van der Waals surface area contributed by atoms with Crippen LogP contribution in [0.2, 0.25) is 0 Å². The molecule has 0 unspecified atom stereocenters. The van der Waals surface area contributed by atoms with Crippen LogP contribution in [0.1, 0.15) is 23.0 Å². The highest BCUT2D eigenvalue weighted by Gasteiger charge is 2.12. The molecule has 26 heavy (non-hydrogen) atoms. The van der Waals surface area contributed by atoms with Gasteiger partial charge >= 0.3 is 0 Å². The van der Waals surface area contributed by atoms with Crippen molar-refractivity contribution in [1.29, 1.82) is 0 Å². The fourth-order valence-corrected chi connectivity index (χ4v) is 2.36. The van der Waals surface area contributed by atoms with Gasteiger partial charge in [-0.3, -0.25) is 9.59 Å². The van der Waals surface area contributed by atoms with Gasteiger partial charge in [0, 0.05) is 24.2 Å². The molecule has 2 aromatic carbocycles. The zero-order chi connectivity index (χ0) is 18.5. The third-order valence-corrected chi connectivity index (χ3v) is 3.60. The van der Waals surface area contributed by atoms with Crippen molar-refractivity contribution < 1.29 is 18.5 Å². The first-order valence-corrected chi connectivity index (χ1v) is 7.89. The molecule has 0 aliphatic heterocycles. The highest BCUT2D eigenvalue weighted by Crippen LogP contribution is 2.23. The predicted octanol–water partition coefficient (Wildman–Crippen LogP) is 3.37. The van der Waals surface area contributed by atoms with E-state index in [1.54, 1.807) is 48.5 Å². The van der Waals surface area contributed by atoms with Gasteiger partial charge in [-0.05, 0) is 36.4 Å². The van der Waals surface area contributed by atoms with Gasteiger partial charge in [-0.15, -0.1) is 0 Å². The van der Waals surface area contributed by atoms with Crippen molar-refractivity contribution in [2.75, 3.05) is 5.32 Å². The van der Waals surface area contributed by atoms with Crippen LogP contribution >= 0.6 is 0 Å². The zero-order valence-corrected chi connectivity index (χ0v) is 14.0. The summed E-state index contributed by atoms with van der Waals surface area (Å²) in [6.45, 7) is 1.55. The van der Waals surface area contributed by atoms with Crippen LogP contribution < -0.4 is 10.6 Å². The molecule has 0 atom stereocenters. The Labute approximate surface area is 149 Å². The molecule has 7 heteroatoms. The van der Waals surface area contributed by atoms with Crippen molar-refractivity contribution in [1.82, 2.24) is 10.5 Å². The van der Waals surface area contributed by atoms with Gasteiger partial charge in [0.2, 0.25) is 5.91 Å². The van der Waals surface area contributed by atoms with Gasteiger partial charge in [0.25, 0.3) is 5.91 Å². The van der Waals surface area contributed by atoms with E-state index in [9.17, 15) is 14.0 Å². The highest BCUT2D eigenvalue weighted by atomic mass is 19.1. The predicted molar refractivity (Wildman–Crippen MR) is 93.8 cm³/mol. The van der Waals surface area contributed by atoms with Crippen LogP contribution in [0.15, 0.2) is 59.1 Å². The molecule has 0 aliphatic rings. The Morgan fingerprint density at radius 2 is 1.85 bits per heavy atom. The standard InChI is InChI=1S/C19H16FN3O3/c1-12(24)22-14-8-6-13(7-9-14)19(25)21-11-15-10-18(26-23-15)16-4-2-3-5-17(16)20/h2-10H,11H2,1H3,(H,21,25)(H,22,24). The summed E-state index contributed by atoms with van der Waals surface area (Å²) >= 11 is 0. The normalized spacial score (nSPS) is 10.4. The second kappa shape index (κ2) is 7.60. The molecule has 0 saturated heterocycles. The molecule has 132 valence electrons. The first-order chi connectivity index (χ1) is 12.5. The van der Waals surface area contributed by atoms with Crippen LogP contribution in [0.5, 0.6) is 0 Å². The van der Waals surface area contributed by atoms with Gasteiger partial charge in [0.15, 0.2) is 5.76 Å². The summed E-state index contributed by atoms with van der Waals surface area (Å²) in [6.07, 6.45) is 0. The van der Waals surface area contributed by atoms with E-state index in [1.807, 2.05) is 0 Å². The number of nitrogens with one attached hydrogen (secondary N) is 2. The van der Waals surface area contributed by atoms with Crippen molar-refractivity contribution in [3.05, 3.63) is 71.7 Å². The van der Waals surface area contributed by atoms with E-state index < -0.39 is 5.82 Å². The van der Waals surface area contributed by atoms with Crippen LogP contribution in [0.25, 0.3) is 11.3 Å². The molecule has 0 bridgehead atoms. The van der Waals surface area contributed by atoms with E-state index in [1.165, 1.54) is 13.0 Å². The summed E-state index contributed by atoms with van der Waals surface area (Å²) in [4.78, 5) is 23.2. The van der Waals surface area contributed by atoms with Crippen LogP contribution in [0, 0.1) is 5.82 Å². The number of hydrogen-bond acceptors (Lipinski definition) is 4. The summed E-state index contributed by atoms with van der Waals surface area (Å²) in [7, 11) is 0. The number of carbonyl (C=O) groups is 2. The maximum absolute atomic E-state index is 13.7. The average molecular weight is 353 g/mol. The number of hydrogen-bond donors (Lipinski definition) is 2. The molecule has 6 nitrogen and oxygen atoms in total. The first kappa shape index (κ1) is 17.3. The Hall–Kier alpha value is -3.48. The molecular formula is C19H16FN3O3. The van der Waals surface area contributed by atoms with Crippen molar-refractivity contribution in [3.8, 4) is 11.3 Å². The Morgan fingerprint density at radius 1 is 1.12 bits per heavy atom. The van der Waals surface area contributed by atoms with Crippen molar-refractivity contribution >= 4 is 17.5 Å². The third-order valence-electron chi connectivity index (χ3n) is 3.60. The monoisotopic (exact) mass is 353 g/mol. The summed E-state index contributed by atoms with van der Waals surface area (Å²) in [5.41, 5.74) is 1.84. The molecule has 0 radical (unpaired) electrons. The Balaban J connectivity index is 1.61. The van der Waals surface area contributed by atoms with E-state index in [4.69, 9.17) is 4.52 Å². The van der Waals surface area contributed by atoms with Gasteiger partial charge in [-0.2, -0.15) is 0 Å². The van der Waals surface area contributed by atoms with Gasteiger partial charge in [0.05, 0.1) is 12.1 Å². The second-order valence-corrected chi connectivity index (χ2v) is 5.60. The molecule has 0 saturated carbocycles. The molecule has 2 amide bonds. The Morgan fingerprint density at radius 3 is 2.54 bits per heavy atom. The fraction of sp³-hybridized carbons (Fsp3) is 0.105. The molecule has 1 heterocycles.